The summed E-state index contributed by atoms with van der Waals surface area (Å²) in [4.78, 5) is 4.21. The molecular formula is C15H18N2O2. The minimum Gasteiger partial charge on any atom is -0.493 e. The molecule has 0 bridgehead atoms. The van der Waals surface area contributed by atoms with E-state index in [4.69, 9.17) is 15.2 Å². The summed E-state index contributed by atoms with van der Waals surface area (Å²) in [6, 6.07) is 11.4. The molecule has 0 saturated heterocycles. The lowest BCUT2D eigenvalue weighted by atomic mass is 10.1. The SMILES string of the molecule is COc1cc(C(C)N)ccc1OCc1ccccn1. The van der Waals surface area contributed by atoms with Crippen molar-refractivity contribution in [3.63, 3.8) is 0 Å². The summed E-state index contributed by atoms with van der Waals surface area (Å²) in [7, 11) is 1.62. The Morgan fingerprint density at radius 2 is 2.05 bits per heavy atom. The van der Waals surface area contributed by atoms with Crippen LogP contribution in [0.25, 0.3) is 0 Å². The summed E-state index contributed by atoms with van der Waals surface area (Å²) < 4.78 is 11.0. The fraction of sp³-hybridized carbons (Fsp3) is 0.267. The molecule has 4 heteroatoms. The maximum absolute atomic E-state index is 5.85. The zero-order valence-electron chi connectivity index (χ0n) is 11.2. The highest BCUT2D eigenvalue weighted by Gasteiger charge is 2.08. The standard InChI is InChI=1S/C15H18N2O2/c1-11(16)12-6-7-14(15(9-12)18-2)19-10-13-5-3-4-8-17-13/h3-9,11H,10,16H2,1-2H3. The van der Waals surface area contributed by atoms with Crippen molar-refractivity contribution < 1.29 is 9.47 Å². The van der Waals surface area contributed by atoms with Gasteiger partial charge < -0.3 is 15.2 Å². The lowest BCUT2D eigenvalue weighted by molar-refractivity contribution is 0.280. The quantitative estimate of drug-likeness (QED) is 0.895. The molecule has 100 valence electrons. The van der Waals surface area contributed by atoms with Crippen molar-refractivity contribution in [3.05, 3.63) is 53.9 Å². The van der Waals surface area contributed by atoms with E-state index in [1.54, 1.807) is 13.3 Å². The van der Waals surface area contributed by atoms with Gasteiger partial charge in [0.05, 0.1) is 12.8 Å². The molecule has 0 aliphatic heterocycles. The maximum Gasteiger partial charge on any atom is 0.161 e. The molecule has 2 aromatic rings. The molecule has 1 unspecified atom stereocenters. The molecule has 0 fully saturated rings. The van der Waals surface area contributed by atoms with E-state index in [1.165, 1.54) is 0 Å². The number of nitrogens with zero attached hydrogens (tertiary/aromatic N) is 1. The molecule has 0 amide bonds. The first kappa shape index (κ1) is 13.4. The van der Waals surface area contributed by atoms with E-state index >= 15 is 0 Å². The topological polar surface area (TPSA) is 57.4 Å². The summed E-state index contributed by atoms with van der Waals surface area (Å²) in [6.07, 6.45) is 1.75. The molecule has 2 rings (SSSR count). The Bertz CT molecular complexity index is 527. The van der Waals surface area contributed by atoms with Crippen molar-refractivity contribution in [3.8, 4) is 11.5 Å². The van der Waals surface area contributed by atoms with Crippen LogP contribution < -0.4 is 15.2 Å². The molecular weight excluding hydrogens is 240 g/mol. The maximum atomic E-state index is 5.85. The van der Waals surface area contributed by atoms with Crippen LogP contribution in [-0.4, -0.2) is 12.1 Å². The fourth-order valence-corrected chi connectivity index (χ4v) is 1.72. The minimum absolute atomic E-state index is 0.0289. The fourth-order valence-electron chi connectivity index (χ4n) is 1.72. The van der Waals surface area contributed by atoms with Crippen LogP contribution in [0, 0.1) is 0 Å². The average Bonchev–Trinajstić information content (AvgIpc) is 2.45. The van der Waals surface area contributed by atoms with Crippen LogP contribution in [0.2, 0.25) is 0 Å². The molecule has 0 radical (unpaired) electrons. The highest BCUT2D eigenvalue weighted by molar-refractivity contribution is 5.43. The first-order valence-corrected chi connectivity index (χ1v) is 6.17. The van der Waals surface area contributed by atoms with Crippen molar-refractivity contribution in [2.75, 3.05) is 7.11 Å². The normalized spacial score (nSPS) is 11.9. The van der Waals surface area contributed by atoms with Gasteiger partial charge in [-0.15, -0.1) is 0 Å². The lowest BCUT2D eigenvalue weighted by Gasteiger charge is -2.13. The Morgan fingerprint density at radius 1 is 1.21 bits per heavy atom. The Kier molecular flexibility index (Phi) is 4.36. The van der Waals surface area contributed by atoms with E-state index in [2.05, 4.69) is 4.98 Å². The van der Waals surface area contributed by atoms with Gasteiger partial charge in [0, 0.05) is 12.2 Å². The van der Waals surface area contributed by atoms with E-state index in [9.17, 15) is 0 Å². The van der Waals surface area contributed by atoms with Crippen LogP contribution in [0.5, 0.6) is 11.5 Å². The smallest absolute Gasteiger partial charge is 0.161 e. The molecule has 1 heterocycles. The predicted molar refractivity (Wildman–Crippen MR) is 74.2 cm³/mol. The van der Waals surface area contributed by atoms with Gasteiger partial charge in [-0.2, -0.15) is 0 Å². The zero-order valence-corrected chi connectivity index (χ0v) is 11.2. The highest BCUT2D eigenvalue weighted by Crippen LogP contribution is 2.30. The first-order chi connectivity index (χ1) is 9.20. The van der Waals surface area contributed by atoms with E-state index in [0.29, 0.717) is 18.1 Å². The van der Waals surface area contributed by atoms with E-state index in [1.807, 2.05) is 43.3 Å². The van der Waals surface area contributed by atoms with Gasteiger partial charge >= 0.3 is 0 Å². The highest BCUT2D eigenvalue weighted by atomic mass is 16.5. The summed E-state index contributed by atoms with van der Waals surface area (Å²) >= 11 is 0. The molecule has 0 aliphatic rings. The van der Waals surface area contributed by atoms with Crippen LogP contribution in [0.3, 0.4) is 0 Å². The third kappa shape index (κ3) is 3.45. The molecule has 0 saturated carbocycles. The van der Waals surface area contributed by atoms with Crippen molar-refractivity contribution in [1.29, 1.82) is 0 Å². The summed E-state index contributed by atoms with van der Waals surface area (Å²) in [5, 5.41) is 0. The minimum atomic E-state index is -0.0289. The van der Waals surface area contributed by atoms with Gasteiger partial charge in [-0.05, 0) is 36.8 Å². The third-order valence-electron chi connectivity index (χ3n) is 2.82. The van der Waals surface area contributed by atoms with Gasteiger partial charge in [0.1, 0.15) is 6.61 Å². The van der Waals surface area contributed by atoms with E-state index in [0.717, 1.165) is 11.3 Å². The number of methoxy groups -OCH3 is 1. The van der Waals surface area contributed by atoms with Crippen molar-refractivity contribution >= 4 is 0 Å². The number of ether oxygens (including phenoxy) is 2. The first-order valence-electron chi connectivity index (χ1n) is 6.17. The Morgan fingerprint density at radius 3 is 2.68 bits per heavy atom. The summed E-state index contributed by atoms with van der Waals surface area (Å²) in [5.41, 5.74) is 7.74. The number of hydrogen-bond acceptors (Lipinski definition) is 4. The monoisotopic (exact) mass is 258 g/mol. The lowest BCUT2D eigenvalue weighted by Crippen LogP contribution is -2.06. The van der Waals surface area contributed by atoms with Crippen LogP contribution in [0.1, 0.15) is 24.2 Å². The number of nitrogens with two attached hydrogens (primary N) is 1. The van der Waals surface area contributed by atoms with Gasteiger partial charge in [-0.25, -0.2) is 0 Å². The Hall–Kier alpha value is -2.07. The van der Waals surface area contributed by atoms with Gasteiger partial charge in [0.2, 0.25) is 0 Å². The molecule has 1 aromatic heterocycles. The molecule has 19 heavy (non-hydrogen) atoms. The molecule has 0 aliphatic carbocycles. The molecule has 1 atom stereocenters. The second kappa shape index (κ2) is 6.20. The van der Waals surface area contributed by atoms with Crippen LogP contribution in [-0.2, 0) is 6.61 Å². The van der Waals surface area contributed by atoms with E-state index in [-0.39, 0.29) is 6.04 Å². The molecule has 1 aromatic carbocycles. The van der Waals surface area contributed by atoms with Gasteiger partial charge in [0.25, 0.3) is 0 Å². The third-order valence-corrected chi connectivity index (χ3v) is 2.82. The van der Waals surface area contributed by atoms with Crippen LogP contribution in [0.4, 0.5) is 0 Å². The second-order valence-corrected chi connectivity index (χ2v) is 4.31. The number of hydrogen-bond donors (Lipinski definition) is 1. The Balaban J connectivity index is 2.12. The van der Waals surface area contributed by atoms with Gasteiger partial charge in [-0.3, -0.25) is 4.98 Å². The van der Waals surface area contributed by atoms with Crippen molar-refractivity contribution in [1.82, 2.24) is 4.98 Å². The van der Waals surface area contributed by atoms with Crippen LogP contribution >= 0.6 is 0 Å². The number of rotatable bonds is 5. The van der Waals surface area contributed by atoms with Crippen LogP contribution in [0.15, 0.2) is 42.6 Å². The number of benzene rings is 1. The van der Waals surface area contributed by atoms with Crippen molar-refractivity contribution in [2.24, 2.45) is 5.73 Å². The van der Waals surface area contributed by atoms with Gasteiger partial charge in [0.15, 0.2) is 11.5 Å². The largest absolute Gasteiger partial charge is 0.493 e. The predicted octanol–water partition coefficient (Wildman–Crippen LogP) is 2.69. The van der Waals surface area contributed by atoms with Crippen molar-refractivity contribution in [2.45, 2.75) is 19.6 Å². The zero-order chi connectivity index (χ0) is 13.7. The average molecular weight is 258 g/mol. The Labute approximate surface area is 113 Å². The van der Waals surface area contributed by atoms with E-state index < -0.39 is 0 Å². The molecule has 2 N–H and O–H groups in total. The molecule has 0 spiro atoms. The number of aromatic nitrogens is 1. The summed E-state index contributed by atoms with van der Waals surface area (Å²) in [6.45, 7) is 2.35. The summed E-state index contributed by atoms with van der Waals surface area (Å²) in [5.74, 6) is 1.38. The number of pyridine rings is 1. The van der Waals surface area contributed by atoms with Gasteiger partial charge in [-0.1, -0.05) is 12.1 Å². The molecule has 4 nitrogen and oxygen atoms in total. The second-order valence-electron chi connectivity index (χ2n) is 4.31.